The molecule has 0 saturated heterocycles. The number of nitrogens with zero attached hydrogens (tertiary/aromatic N) is 2. The van der Waals surface area contributed by atoms with E-state index in [1.165, 1.54) is 6.33 Å². The van der Waals surface area contributed by atoms with E-state index in [1.807, 2.05) is 0 Å². The second-order valence-corrected chi connectivity index (χ2v) is 4.29. The maximum Gasteiger partial charge on any atom is 0.347 e. The summed E-state index contributed by atoms with van der Waals surface area (Å²) in [7, 11) is 0. The van der Waals surface area contributed by atoms with Crippen LogP contribution in [-0.2, 0) is 9.53 Å². The second kappa shape index (κ2) is 5.84. The molecule has 0 N–H and O–H groups in total. The Balaban J connectivity index is 2.30. The number of rotatable bonds is 4. The fourth-order valence-corrected chi connectivity index (χ4v) is 1.75. The lowest BCUT2D eigenvalue weighted by Gasteiger charge is -2.13. The molecule has 0 fully saturated rings. The highest BCUT2D eigenvalue weighted by Crippen LogP contribution is 2.25. The van der Waals surface area contributed by atoms with E-state index in [9.17, 15) is 4.79 Å². The fourth-order valence-electron chi connectivity index (χ4n) is 1.57. The normalized spacial score (nSPS) is 12.2. The third kappa shape index (κ3) is 3.12. The SMILES string of the molecule is CCOC(=O)C(C)Oc1ncnc2ccc(Cl)cc12. The van der Waals surface area contributed by atoms with E-state index in [2.05, 4.69) is 9.97 Å². The lowest BCUT2D eigenvalue weighted by molar-refractivity contribution is -0.150. The fraction of sp³-hybridized carbons (Fsp3) is 0.308. The zero-order valence-electron chi connectivity index (χ0n) is 10.6. The number of aromatic nitrogens is 2. The first-order chi connectivity index (χ1) is 9.11. The van der Waals surface area contributed by atoms with Crippen molar-refractivity contribution >= 4 is 28.5 Å². The molecule has 0 radical (unpaired) electrons. The van der Waals surface area contributed by atoms with Crippen molar-refractivity contribution in [1.29, 1.82) is 0 Å². The number of benzene rings is 1. The first-order valence-corrected chi connectivity index (χ1v) is 6.23. The van der Waals surface area contributed by atoms with Crippen molar-refractivity contribution in [2.24, 2.45) is 0 Å². The Labute approximate surface area is 115 Å². The maximum absolute atomic E-state index is 11.5. The number of halogens is 1. The summed E-state index contributed by atoms with van der Waals surface area (Å²) in [5, 5.41) is 1.21. The molecule has 19 heavy (non-hydrogen) atoms. The molecule has 1 atom stereocenters. The standard InChI is InChI=1S/C13H13ClN2O3/c1-3-18-13(17)8(2)19-12-10-6-9(14)4-5-11(10)15-7-16-12/h4-8H,3H2,1-2H3. The Morgan fingerprint density at radius 2 is 2.21 bits per heavy atom. The molecule has 100 valence electrons. The van der Waals surface area contributed by atoms with Crippen LogP contribution in [-0.4, -0.2) is 28.6 Å². The highest BCUT2D eigenvalue weighted by Gasteiger charge is 2.18. The van der Waals surface area contributed by atoms with Crippen molar-refractivity contribution in [1.82, 2.24) is 9.97 Å². The van der Waals surface area contributed by atoms with E-state index in [0.717, 1.165) is 0 Å². The average molecular weight is 281 g/mol. The number of hydrogen-bond donors (Lipinski definition) is 0. The number of carbonyl (C=O) groups is 1. The van der Waals surface area contributed by atoms with Gasteiger partial charge < -0.3 is 9.47 Å². The first-order valence-electron chi connectivity index (χ1n) is 5.85. The van der Waals surface area contributed by atoms with Gasteiger partial charge in [-0.2, -0.15) is 0 Å². The predicted octanol–water partition coefficient (Wildman–Crippen LogP) is 2.61. The first kappa shape index (κ1) is 13.5. The topological polar surface area (TPSA) is 61.3 Å². The summed E-state index contributed by atoms with van der Waals surface area (Å²) in [6, 6.07) is 5.20. The molecule has 0 saturated carbocycles. The number of hydrogen-bond acceptors (Lipinski definition) is 5. The number of ether oxygens (including phenoxy) is 2. The van der Waals surface area contributed by atoms with Gasteiger partial charge in [0.05, 0.1) is 17.5 Å². The van der Waals surface area contributed by atoms with Crippen LogP contribution in [0.3, 0.4) is 0 Å². The molecular weight excluding hydrogens is 268 g/mol. The Kier molecular flexibility index (Phi) is 4.16. The summed E-state index contributed by atoms with van der Waals surface area (Å²) < 4.78 is 10.4. The van der Waals surface area contributed by atoms with Gasteiger partial charge in [-0.3, -0.25) is 0 Å². The van der Waals surface area contributed by atoms with E-state index in [-0.39, 0.29) is 0 Å². The van der Waals surface area contributed by atoms with E-state index >= 15 is 0 Å². The van der Waals surface area contributed by atoms with Gasteiger partial charge in [-0.05, 0) is 32.0 Å². The number of esters is 1. The van der Waals surface area contributed by atoms with Crippen LogP contribution in [0, 0.1) is 0 Å². The van der Waals surface area contributed by atoms with Crippen LogP contribution in [0.2, 0.25) is 5.02 Å². The lowest BCUT2D eigenvalue weighted by atomic mass is 10.2. The number of carbonyl (C=O) groups excluding carboxylic acids is 1. The molecule has 1 aromatic carbocycles. The molecule has 2 rings (SSSR count). The van der Waals surface area contributed by atoms with Crippen LogP contribution in [0.5, 0.6) is 5.88 Å². The molecule has 1 aromatic heterocycles. The molecule has 0 bridgehead atoms. The van der Waals surface area contributed by atoms with Crippen LogP contribution < -0.4 is 4.74 Å². The monoisotopic (exact) mass is 280 g/mol. The summed E-state index contributed by atoms with van der Waals surface area (Å²) in [6.45, 7) is 3.66. The van der Waals surface area contributed by atoms with Gasteiger partial charge in [0.2, 0.25) is 5.88 Å². The summed E-state index contributed by atoms with van der Waals surface area (Å²) >= 11 is 5.94. The largest absolute Gasteiger partial charge is 0.463 e. The third-order valence-electron chi connectivity index (χ3n) is 2.47. The van der Waals surface area contributed by atoms with E-state index in [4.69, 9.17) is 21.1 Å². The van der Waals surface area contributed by atoms with Gasteiger partial charge in [-0.1, -0.05) is 11.6 Å². The van der Waals surface area contributed by atoms with Crippen molar-refractivity contribution in [2.45, 2.75) is 20.0 Å². The van der Waals surface area contributed by atoms with E-state index in [1.54, 1.807) is 32.0 Å². The van der Waals surface area contributed by atoms with Gasteiger partial charge in [-0.25, -0.2) is 14.8 Å². The number of fused-ring (bicyclic) bond motifs is 1. The smallest absolute Gasteiger partial charge is 0.347 e. The molecule has 5 nitrogen and oxygen atoms in total. The van der Waals surface area contributed by atoms with Crippen molar-refractivity contribution in [3.63, 3.8) is 0 Å². The molecule has 2 aromatic rings. The Hall–Kier alpha value is -1.88. The van der Waals surface area contributed by atoms with Gasteiger partial charge in [0.15, 0.2) is 6.10 Å². The van der Waals surface area contributed by atoms with Crippen LogP contribution in [0.15, 0.2) is 24.5 Å². The Morgan fingerprint density at radius 1 is 1.42 bits per heavy atom. The van der Waals surface area contributed by atoms with E-state index < -0.39 is 12.1 Å². The van der Waals surface area contributed by atoms with E-state index in [0.29, 0.717) is 28.4 Å². The maximum atomic E-state index is 11.5. The highest BCUT2D eigenvalue weighted by atomic mass is 35.5. The molecule has 0 aliphatic heterocycles. The summed E-state index contributed by atoms with van der Waals surface area (Å²) in [5.41, 5.74) is 0.699. The minimum absolute atomic E-state index is 0.308. The van der Waals surface area contributed by atoms with Crippen molar-refractivity contribution in [2.75, 3.05) is 6.61 Å². The van der Waals surface area contributed by atoms with Gasteiger partial charge in [0.1, 0.15) is 6.33 Å². The van der Waals surface area contributed by atoms with Crippen molar-refractivity contribution in [3.8, 4) is 5.88 Å². The molecule has 1 unspecified atom stereocenters. The molecule has 6 heteroatoms. The zero-order valence-corrected chi connectivity index (χ0v) is 11.3. The van der Waals surface area contributed by atoms with Crippen LogP contribution in [0.1, 0.15) is 13.8 Å². The van der Waals surface area contributed by atoms with Gasteiger partial charge in [0.25, 0.3) is 0 Å². The van der Waals surface area contributed by atoms with Crippen molar-refractivity contribution < 1.29 is 14.3 Å². The average Bonchev–Trinajstić information content (AvgIpc) is 2.39. The third-order valence-corrected chi connectivity index (χ3v) is 2.70. The quantitative estimate of drug-likeness (QED) is 0.806. The van der Waals surface area contributed by atoms with Crippen LogP contribution >= 0.6 is 11.6 Å². The molecule has 0 spiro atoms. The zero-order chi connectivity index (χ0) is 13.8. The predicted molar refractivity (Wildman–Crippen MR) is 71.3 cm³/mol. The molecule has 1 heterocycles. The molecule has 0 amide bonds. The van der Waals surface area contributed by atoms with Gasteiger partial charge in [-0.15, -0.1) is 0 Å². The van der Waals surface area contributed by atoms with Crippen LogP contribution in [0.25, 0.3) is 10.9 Å². The summed E-state index contributed by atoms with van der Waals surface area (Å²) in [4.78, 5) is 19.7. The molecule has 0 aliphatic rings. The molecule has 0 aliphatic carbocycles. The second-order valence-electron chi connectivity index (χ2n) is 3.85. The Morgan fingerprint density at radius 3 is 2.95 bits per heavy atom. The molecular formula is C13H13ClN2O3. The summed E-state index contributed by atoms with van der Waals surface area (Å²) in [6.07, 6.45) is 0.640. The lowest BCUT2D eigenvalue weighted by Crippen LogP contribution is -2.26. The minimum atomic E-state index is -0.739. The highest BCUT2D eigenvalue weighted by molar-refractivity contribution is 6.31. The van der Waals surface area contributed by atoms with Crippen molar-refractivity contribution in [3.05, 3.63) is 29.5 Å². The van der Waals surface area contributed by atoms with Crippen LogP contribution in [0.4, 0.5) is 0 Å². The Bertz CT molecular complexity index is 603. The minimum Gasteiger partial charge on any atom is -0.463 e. The van der Waals surface area contributed by atoms with Gasteiger partial charge in [0, 0.05) is 5.02 Å². The van der Waals surface area contributed by atoms with Gasteiger partial charge >= 0.3 is 5.97 Å². The summed E-state index contributed by atoms with van der Waals surface area (Å²) in [5.74, 6) is -0.121.